The topological polar surface area (TPSA) is 90.0 Å². The highest BCUT2D eigenvalue weighted by Crippen LogP contribution is 2.57. The SMILES string of the molecule is CCN(CC)C(=O)[C@@H]1CCCN1c1nc2c(c(Nc3cc(C4CC5CC5C4)[nH]n3)n1)CCC2. The Balaban J connectivity index is 1.25. The molecular formula is C25H35N7O. The zero-order chi connectivity index (χ0) is 22.5. The lowest BCUT2D eigenvalue weighted by Crippen LogP contribution is -2.46. The molecule has 2 saturated carbocycles. The van der Waals surface area contributed by atoms with Gasteiger partial charge in [-0.3, -0.25) is 9.89 Å². The molecule has 0 aromatic carbocycles. The molecular weight excluding hydrogens is 414 g/mol. The minimum atomic E-state index is -0.164. The first-order valence-corrected chi connectivity index (χ1v) is 12.9. The normalized spacial score (nSPS) is 27.5. The molecule has 3 aliphatic carbocycles. The quantitative estimate of drug-likeness (QED) is 0.669. The number of amides is 1. The highest BCUT2D eigenvalue weighted by Gasteiger charge is 2.46. The van der Waals surface area contributed by atoms with Crippen molar-refractivity contribution in [3.05, 3.63) is 23.0 Å². The van der Waals surface area contributed by atoms with Gasteiger partial charge in [0.1, 0.15) is 11.9 Å². The molecule has 1 amide bonds. The molecule has 2 aromatic heterocycles. The first-order valence-electron chi connectivity index (χ1n) is 12.9. The summed E-state index contributed by atoms with van der Waals surface area (Å²) in [5.41, 5.74) is 3.58. The third-order valence-corrected chi connectivity index (χ3v) is 8.32. The van der Waals surface area contributed by atoms with Crippen LogP contribution in [0.1, 0.15) is 75.2 Å². The van der Waals surface area contributed by atoms with Crippen LogP contribution in [0.2, 0.25) is 0 Å². The monoisotopic (exact) mass is 449 g/mol. The Morgan fingerprint density at radius 1 is 1.15 bits per heavy atom. The number of likely N-dealkylation sites (N-methyl/N-ethyl adjacent to an activating group) is 1. The second-order valence-corrected chi connectivity index (χ2v) is 10.3. The smallest absolute Gasteiger partial charge is 0.245 e. The lowest BCUT2D eigenvalue weighted by Gasteiger charge is -2.29. The van der Waals surface area contributed by atoms with E-state index in [1.807, 2.05) is 18.7 Å². The number of rotatable bonds is 7. The first kappa shape index (κ1) is 20.9. The second kappa shape index (κ2) is 8.29. The van der Waals surface area contributed by atoms with Gasteiger partial charge in [-0.05, 0) is 77.0 Å². The molecule has 176 valence electrons. The molecule has 0 bridgehead atoms. The number of hydrogen-bond donors (Lipinski definition) is 2. The first-order chi connectivity index (χ1) is 16.1. The fourth-order valence-electron chi connectivity index (χ4n) is 6.36. The summed E-state index contributed by atoms with van der Waals surface area (Å²) in [7, 11) is 0. The van der Waals surface area contributed by atoms with E-state index in [-0.39, 0.29) is 11.9 Å². The molecule has 3 heterocycles. The van der Waals surface area contributed by atoms with Crippen molar-refractivity contribution < 1.29 is 4.79 Å². The van der Waals surface area contributed by atoms with Crippen LogP contribution < -0.4 is 10.2 Å². The van der Waals surface area contributed by atoms with Crippen molar-refractivity contribution in [2.75, 3.05) is 29.9 Å². The van der Waals surface area contributed by atoms with E-state index >= 15 is 0 Å². The van der Waals surface area contributed by atoms with Crippen molar-refractivity contribution in [1.82, 2.24) is 25.1 Å². The summed E-state index contributed by atoms with van der Waals surface area (Å²) in [6.45, 7) is 6.39. The minimum Gasteiger partial charge on any atom is -0.341 e. The van der Waals surface area contributed by atoms with Gasteiger partial charge in [-0.1, -0.05) is 0 Å². The van der Waals surface area contributed by atoms with Crippen molar-refractivity contribution in [3.63, 3.8) is 0 Å². The maximum atomic E-state index is 13.2. The van der Waals surface area contributed by atoms with Crippen molar-refractivity contribution in [2.45, 2.75) is 77.2 Å². The van der Waals surface area contributed by atoms with Gasteiger partial charge in [-0.15, -0.1) is 0 Å². The number of aromatic nitrogens is 4. The Bertz CT molecular complexity index is 1040. The number of fused-ring (bicyclic) bond motifs is 2. The predicted octanol–water partition coefficient (Wildman–Crippen LogP) is 3.78. The molecule has 8 heteroatoms. The summed E-state index contributed by atoms with van der Waals surface area (Å²) in [6, 6.07) is 2.00. The third-order valence-electron chi connectivity index (χ3n) is 8.32. The zero-order valence-electron chi connectivity index (χ0n) is 19.8. The summed E-state index contributed by atoms with van der Waals surface area (Å²) in [5, 5.41) is 11.4. The van der Waals surface area contributed by atoms with E-state index in [4.69, 9.17) is 9.97 Å². The highest BCUT2D eigenvalue weighted by atomic mass is 16.2. The number of aromatic amines is 1. The van der Waals surface area contributed by atoms with Crippen LogP contribution in [0, 0.1) is 11.8 Å². The molecule has 3 fully saturated rings. The van der Waals surface area contributed by atoms with Crippen molar-refractivity contribution >= 4 is 23.5 Å². The predicted molar refractivity (Wildman–Crippen MR) is 128 cm³/mol. The van der Waals surface area contributed by atoms with Crippen LogP contribution in [0.4, 0.5) is 17.6 Å². The van der Waals surface area contributed by atoms with Gasteiger partial charge in [-0.2, -0.15) is 10.1 Å². The van der Waals surface area contributed by atoms with Gasteiger partial charge in [0.2, 0.25) is 11.9 Å². The number of H-pyrrole nitrogens is 1. The van der Waals surface area contributed by atoms with Gasteiger partial charge in [0.15, 0.2) is 5.82 Å². The lowest BCUT2D eigenvalue weighted by molar-refractivity contribution is -0.132. The van der Waals surface area contributed by atoms with E-state index in [9.17, 15) is 4.79 Å². The average molecular weight is 450 g/mol. The molecule has 33 heavy (non-hydrogen) atoms. The van der Waals surface area contributed by atoms with Crippen molar-refractivity contribution in [1.29, 1.82) is 0 Å². The van der Waals surface area contributed by atoms with Crippen LogP contribution in [0.3, 0.4) is 0 Å². The van der Waals surface area contributed by atoms with Gasteiger partial charge >= 0.3 is 0 Å². The average Bonchev–Trinajstić information content (AvgIpc) is 3.39. The van der Waals surface area contributed by atoms with E-state index < -0.39 is 0 Å². The van der Waals surface area contributed by atoms with Crippen LogP contribution in [-0.4, -0.2) is 56.6 Å². The van der Waals surface area contributed by atoms with Crippen LogP contribution in [-0.2, 0) is 17.6 Å². The fraction of sp³-hybridized carbons (Fsp3) is 0.680. The molecule has 4 aliphatic rings. The molecule has 1 saturated heterocycles. The molecule has 6 rings (SSSR count). The van der Waals surface area contributed by atoms with E-state index in [1.54, 1.807) is 0 Å². The second-order valence-electron chi connectivity index (χ2n) is 10.3. The molecule has 0 radical (unpaired) electrons. The van der Waals surface area contributed by atoms with Gasteiger partial charge in [0, 0.05) is 42.9 Å². The summed E-state index contributed by atoms with van der Waals surface area (Å²) in [5.74, 6) is 5.11. The third kappa shape index (κ3) is 3.77. The molecule has 2 aromatic rings. The summed E-state index contributed by atoms with van der Waals surface area (Å²) in [4.78, 5) is 27.1. The molecule has 0 spiro atoms. The summed E-state index contributed by atoms with van der Waals surface area (Å²) >= 11 is 0. The molecule has 2 unspecified atom stereocenters. The van der Waals surface area contributed by atoms with Crippen LogP contribution in [0.5, 0.6) is 0 Å². The van der Waals surface area contributed by atoms with Crippen molar-refractivity contribution in [3.8, 4) is 0 Å². The van der Waals surface area contributed by atoms with E-state index in [2.05, 4.69) is 26.5 Å². The van der Waals surface area contributed by atoms with Gasteiger partial charge in [0.05, 0.1) is 5.69 Å². The zero-order valence-corrected chi connectivity index (χ0v) is 19.8. The molecule has 3 atom stereocenters. The number of hydrogen-bond acceptors (Lipinski definition) is 6. The number of aryl methyl sites for hydroxylation is 1. The van der Waals surface area contributed by atoms with E-state index in [1.165, 1.54) is 30.5 Å². The Hall–Kier alpha value is -2.64. The number of carbonyl (C=O) groups excluding carboxylic acids is 1. The molecule has 2 N–H and O–H groups in total. The maximum Gasteiger partial charge on any atom is 0.245 e. The van der Waals surface area contributed by atoms with E-state index in [0.29, 0.717) is 11.9 Å². The Morgan fingerprint density at radius 2 is 1.97 bits per heavy atom. The van der Waals surface area contributed by atoms with Gasteiger partial charge < -0.3 is 15.1 Å². The molecule has 8 nitrogen and oxygen atoms in total. The number of nitrogens with one attached hydrogen (secondary N) is 2. The van der Waals surface area contributed by atoms with Crippen LogP contribution >= 0.6 is 0 Å². The van der Waals surface area contributed by atoms with Gasteiger partial charge in [-0.25, -0.2) is 4.98 Å². The Kier molecular flexibility index (Phi) is 5.26. The lowest BCUT2D eigenvalue weighted by atomic mass is 10.00. The van der Waals surface area contributed by atoms with Crippen LogP contribution in [0.25, 0.3) is 0 Å². The van der Waals surface area contributed by atoms with Gasteiger partial charge in [0.25, 0.3) is 0 Å². The number of nitrogens with zero attached hydrogens (tertiary/aromatic N) is 5. The highest BCUT2D eigenvalue weighted by molar-refractivity contribution is 5.85. The number of carbonyl (C=O) groups is 1. The Morgan fingerprint density at radius 3 is 2.76 bits per heavy atom. The Labute approximate surface area is 195 Å². The van der Waals surface area contributed by atoms with Crippen molar-refractivity contribution in [2.24, 2.45) is 11.8 Å². The molecule has 1 aliphatic heterocycles. The fourth-order valence-corrected chi connectivity index (χ4v) is 6.36. The number of anilines is 3. The standard InChI is InChI=1S/C25H35N7O/c1-3-31(4-2)24(33)21-9-6-10-32(21)25-26-19-8-5-7-18(19)23(28-25)27-22-14-20(29-30-22)17-12-15-11-16(15)13-17/h14-17,21H,3-13H2,1-2H3,(H2,26,27,28,29,30)/t15?,16?,17?,21-/m0/s1. The van der Waals surface area contributed by atoms with E-state index in [0.717, 1.165) is 80.9 Å². The minimum absolute atomic E-state index is 0.164. The largest absolute Gasteiger partial charge is 0.341 e. The summed E-state index contributed by atoms with van der Waals surface area (Å²) < 4.78 is 0. The maximum absolute atomic E-state index is 13.2. The van der Waals surface area contributed by atoms with Crippen LogP contribution in [0.15, 0.2) is 6.07 Å². The summed E-state index contributed by atoms with van der Waals surface area (Å²) in [6.07, 6.45) is 8.95.